The Labute approximate surface area is 140 Å². The van der Waals surface area contributed by atoms with E-state index in [1.165, 1.54) is 0 Å². The number of halogens is 1. The minimum absolute atomic E-state index is 0.0869. The summed E-state index contributed by atoms with van der Waals surface area (Å²) in [7, 11) is 3.45. The molecule has 2 aromatic carbocycles. The second-order valence-electron chi connectivity index (χ2n) is 5.07. The number of nitrogens with one attached hydrogen (secondary N) is 1. The first kappa shape index (κ1) is 14.8. The van der Waals surface area contributed by atoms with Gasteiger partial charge in [0, 0.05) is 28.9 Å². The van der Waals surface area contributed by atoms with Crippen molar-refractivity contribution in [2.75, 3.05) is 5.32 Å². The Hall–Kier alpha value is -2.09. The summed E-state index contributed by atoms with van der Waals surface area (Å²) in [6, 6.07) is 12.8. The van der Waals surface area contributed by atoms with Gasteiger partial charge in [-0.25, -0.2) is 4.79 Å². The predicted molar refractivity (Wildman–Crippen MR) is 95.3 cm³/mol. The smallest absolute Gasteiger partial charge is 0.322 e. The quantitative estimate of drug-likeness (QED) is 0.665. The van der Waals surface area contributed by atoms with Gasteiger partial charge in [0.15, 0.2) is 0 Å². The van der Waals surface area contributed by atoms with Crippen LogP contribution < -0.4 is 11.0 Å². The third-order valence-corrected chi connectivity index (χ3v) is 4.36. The third-order valence-electron chi connectivity index (χ3n) is 3.64. The summed E-state index contributed by atoms with van der Waals surface area (Å²) in [5.74, 6) is -0.170. The standard InChI is InChI=1S/C16H14IN3O2/c1-19-13-8-7-12(9-14(13)20(2)16(19)22)18-15(21)10-3-5-11(17)6-4-10/h3-9H,1-2H3,(H,18,21). The molecule has 1 N–H and O–H groups in total. The Balaban J connectivity index is 1.94. The number of benzene rings is 2. The normalized spacial score (nSPS) is 10.9. The first-order valence-electron chi connectivity index (χ1n) is 6.70. The summed E-state index contributed by atoms with van der Waals surface area (Å²) in [5, 5.41) is 2.86. The fourth-order valence-electron chi connectivity index (χ4n) is 2.39. The molecule has 1 aromatic heterocycles. The van der Waals surface area contributed by atoms with Gasteiger partial charge in [0.05, 0.1) is 11.0 Å². The lowest BCUT2D eigenvalue weighted by Gasteiger charge is -2.06. The molecule has 22 heavy (non-hydrogen) atoms. The Morgan fingerprint density at radius 2 is 1.64 bits per heavy atom. The average molecular weight is 407 g/mol. The van der Waals surface area contributed by atoms with Crippen molar-refractivity contribution in [2.24, 2.45) is 14.1 Å². The van der Waals surface area contributed by atoms with Gasteiger partial charge in [-0.3, -0.25) is 13.9 Å². The van der Waals surface area contributed by atoms with Gasteiger partial charge in [-0.15, -0.1) is 0 Å². The first-order chi connectivity index (χ1) is 10.5. The van der Waals surface area contributed by atoms with E-state index in [9.17, 15) is 9.59 Å². The van der Waals surface area contributed by atoms with Crippen molar-refractivity contribution in [2.45, 2.75) is 0 Å². The molecule has 0 fully saturated rings. The Bertz CT molecular complexity index is 923. The number of rotatable bonds is 2. The summed E-state index contributed by atoms with van der Waals surface area (Å²) in [6.45, 7) is 0. The van der Waals surface area contributed by atoms with Crippen LogP contribution in [0.1, 0.15) is 10.4 Å². The molecule has 112 valence electrons. The predicted octanol–water partition coefficient (Wildman–Crippen LogP) is 2.73. The molecule has 6 heteroatoms. The molecule has 0 atom stereocenters. The van der Waals surface area contributed by atoms with Crippen molar-refractivity contribution in [3.05, 3.63) is 62.1 Å². The van der Waals surface area contributed by atoms with E-state index in [0.717, 1.165) is 14.6 Å². The molecule has 0 saturated carbocycles. The van der Waals surface area contributed by atoms with Crippen molar-refractivity contribution in [3.63, 3.8) is 0 Å². The molecule has 3 rings (SSSR count). The highest BCUT2D eigenvalue weighted by atomic mass is 127. The van der Waals surface area contributed by atoms with Crippen LogP contribution in [-0.4, -0.2) is 15.0 Å². The summed E-state index contributed by atoms with van der Waals surface area (Å²) in [5.41, 5.74) is 2.79. The molecule has 1 amide bonds. The highest BCUT2D eigenvalue weighted by Crippen LogP contribution is 2.18. The van der Waals surface area contributed by atoms with Gasteiger partial charge >= 0.3 is 5.69 Å². The highest BCUT2D eigenvalue weighted by molar-refractivity contribution is 14.1. The van der Waals surface area contributed by atoms with Crippen LogP contribution in [-0.2, 0) is 14.1 Å². The Morgan fingerprint density at radius 3 is 2.32 bits per heavy atom. The van der Waals surface area contributed by atoms with E-state index in [0.29, 0.717) is 11.3 Å². The van der Waals surface area contributed by atoms with E-state index in [2.05, 4.69) is 27.9 Å². The first-order valence-corrected chi connectivity index (χ1v) is 7.77. The SMILES string of the molecule is Cn1c(=O)n(C)c2cc(NC(=O)c3ccc(I)cc3)ccc21. The number of hydrogen-bond acceptors (Lipinski definition) is 2. The number of anilines is 1. The van der Waals surface area contributed by atoms with Gasteiger partial charge in [-0.2, -0.15) is 0 Å². The van der Waals surface area contributed by atoms with Crippen molar-refractivity contribution in [3.8, 4) is 0 Å². The number of aromatic nitrogens is 2. The topological polar surface area (TPSA) is 56.0 Å². The minimum atomic E-state index is -0.170. The largest absolute Gasteiger partial charge is 0.328 e. The molecule has 0 aliphatic carbocycles. The van der Waals surface area contributed by atoms with Gasteiger partial charge in [0.25, 0.3) is 5.91 Å². The lowest BCUT2D eigenvalue weighted by Crippen LogP contribution is -2.19. The zero-order valence-corrected chi connectivity index (χ0v) is 14.3. The second kappa shape index (κ2) is 5.60. The fraction of sp³-hybridized carbons (Fsp3) is 0.125. The summed E-state index contributed by atoms with van der Waals surface area (Å²) in [6.07, 6.45) is 0. The van der Waals surface area contributed by atoms with Crippen LogP contribution in [0.3, 0.4) is 0 Å². The van der Waals surface area contributed by atoms with Crippen LogP contribution in [0.15, 0.2) is 47.3 Å². The summed E-state index contributed by atoms with van der Waals surface area (Å²) >= 11 is 2.20. The van der Waals surface area contributed by atoms with E-state index in [-0.39, 0.29) is 11.6 Å². The number of carbonyl (C=O) groups is 1. The van der Waals surface area contributed by atoms with Crippen LogP contribution in [0.2, 0.25) is 0 Å². The second-order valence-corrected chi connectivity index (χ2v) is 6.31. The van der Waals surface area contributed by atoms with E-state index in [1.807, 2.05) is 18.2 Å². The summed E-state index contributed by atoms with van der Waals surface area (Å²) in [4.78, 5) is 24.1. The van der Waals surface area contributed by atoms with E-state index in [1.54, 1.807) is 47.5 Å². The van der Waals surface area contributed by atoms with Crippen molar-refractivity contribution >= 4 is 45.2 Å². The van der Waals surface area contributed by atoms with Crippen molar-refractivity contribution < 1.29 is 4.79 Å². The zero-order chi connectivity index (χ0) is 15.9. The fourth-order valence-corrected chi connectivity index (χ4v) is 2.75. The van der Waals surface area contributed by atoms with Crippen LogP contribution in [0.5, 0.6) is 0 Å². The van der Waals surface area contributed by atoms with Gasteiger partial charge in [0.1, 0.15) is 0 Å². The van der Waals surface area contributed by atoms with Gasteiger partial charge in [-0.1, -0.05) is 0 Å². The monoisotopic (exact) mass is 407 g/mol. The van der Waals surface area contributed by atoms with Crippen LogP contribution in [0.25, 0.3) is 11.0 Å². The molecular weight excluding hydrogens is 393 g/mol. The third kappa shape index (κ3) is 2.54. The number of fused-ring (bicyclic) bond motifs is 1. The number of hydrogen-bond donors (Lipinski definition) is 1. The van der Waals surface area contributed by atoms with Crippen LogP contribution in [0, 0.1) is 3.57 Å². The van der Waals surface area contributed by atoms with Gasteiger partial charge < -0.3 is 5.32 Å². The zero-order valence-electron chi connectivity index (χ0n) is 12.1. The molecule has 1 heterocycles. The molecule has 5 nitrogen and oxygen atoms in total. The van der Waals surface area contributed by atoms with Crippen molar-refractivity contribution in [1.29, 1.82) is 0 Å². The van der Waals surface area contributed by atoms with Crippen molar-refractivity contribution in [1.82, 2.24) is 9.13 Å². The maximum absolute atomic E-state index is 12.2. The molecule has 3 aromatic rings. The lowest BCUT2D eigenvalue weighted by molar-refractivity contribution is 0.102. The van der Waals surface area contributed by atoms with E-state index >= 15 is 0 Å². The Morgan fingerprint density at radius 1 is 1.00 bits per heavy atom. The van der Waals surface area contributed by atoms with Gasteiger partial charge in [-0.05, 0) is 65.1 Å². The molecule has 0 saturated heterocycles. The number of nitrogens with zero attached hydrogens (tertiary/aromatic N) is 2. The number of amides is 1. The maximum Gasteiger partial charge on any atom is 0.328 e. The minimum Gasteiger partial charge on any atom is -0.322 e. The Kier molecular flexibility index (Phi) is 3.78. The molecule has 0 unspecified atom stereocenters. The number of carbonyl (C=O) groups excluding carboxylic acids is 1. The van der Waals surface area contributed by atoms with E-state index in [4.69, 9.17) is 0 Å². The molecule has 0 spiro atoms. The number of imidazole rings is 1. The highest BCUT2D eigenvalue weighted by Gasteiger charge is 2.10. The van der Waals surface area contributed by atoms with E-state index < -0.39 is 0 Å². The molecule has 0 bridgehead atoms. The molecular formula is C16H14IN3O2. The molecule has 0 aliphatic rings. The number of aryl methyl sites for hydroxylation is 2. The van der Waals surface area contributed by atoms with Gasteiger partial charge in [0.2, 0.25) is 0 Å². The van der Waals surface area contributed by atoms with Crippen LogP contribution >= 0.6 is 22.6 Å². The van der Waals surface area contributed by atoms with Crippen LogP contribution in [0.4, 0.5) is 5.69 Å². The maximum atomic E-state index is 12.2. The molecule has 0 aliphatic heterocycles. The molecule has 0 radical (unpaired) electrons. The summed E-state index contributed by atoms with van der Waals surface area (Å²) < 4.78 is 4.23. The average Bonchev–Trinajstić information content (AvgIpc) is 2.72. The lowest BCUT2D eigenvalue weighted by atomic mass is 10.2.